The number of carbonyl (C=O) groups excluding carboxylic acids is 1. The number of rotatable bonds is 6. The third-order valence-electron chi connectivity index (χ3n) is 5.74. The van der Waals surface area contributed by atoms with Crippen LogP contribution in [0.3, 0.4) is 0 Å². The van der Waals surface area contributed by atoms with Gasteiger partial charge in [-0.15, -0.1) is 0 Å². The first kappa shape index (κ1) is 20.2. The molecule has 4 rings (SSSR count). The monoisotopic (exact) mass is 410 g/mol. The minimum absolute atomic E-state index is 0.117. The molecule has 0 N–H and O–H groups in total. The largest absolute Gasteiger partial charge is 0.493 e. The van der Waals surface area contributed by atoms with E-state index >= 15 is 0 Å². The lowest BCUT2D eigenvalue weighted by Gasteiger charge is -2.29. The zero-order valence-electron chi connectivity index (χ0n) is 16.8. The van der Waals surface area contributed by atoms with Crippen LogP contribution in [0, 0.1) is 22.6 Å². The predicted octanol–water partition coefficient (Wildman–Crippen LogP) is 3.27. The van der Waals surface area contributed by atoms with Gasteiger partial charge in [-0.3, -0.25) is 4.79 Å². The SMILES string of the molecule is COc1cc(C2CC2(C#N)C(=O)N2CCOCC2)ccc1OCc1ccc(F)cc1. The maximum atomic E-state index is 13.0. The van der Waals surface area contributed by atoms with E-state index in [4.69, 9.17) is 14.2 Å². The van der Waals surface area contributed by atoms with Gasteiger partial charge in [0.15, 0.2) is 11.5 Å². The van der Waals surface area contributed by atoms with Crippen molar-refractivity contribution in [2.45, 2.75) is 18.9 Å². The molecular formula is C23H23FN2O4. The molecule has 1 saturated carbocycles. The predicted molar refractivity (Wildman–Crippen MR) is 107 cm³/mol. The molecule has 1 aliphatic carbocycles. The van der Waals surface area contributed by atoms with Gasteiger partial charge < -0.3 is 19.1 Å². The van der Waals surface area contributed by atoms with Crippen LogP contribution >= 0.6 is 0 Å². The molecule has 0 spiro atoms. The van der Waals surface area contributed by atoms with Gasteiger partial charge in [0.1, 0.15) is 17.8 Å². The molecule has 7 heteroatoms. The molecule has 0 bridgehead atoms. The molecule has 2 aliphatic rings. The van der Waals surface area contributed by atoms with Gasteiger partial charge in [0.05, 0.1) is 26.4 Å². The summed E-state index contributed by atoms with van der Waals surface area (Å²) in [6.07, 6.45) is 0.499. The maximum Gasteiger partial charge on any atom is 0.243 e. The Morgan fingerprint density at radius 1 is 1.23 bits per heavy atom. The minimum atomic E-state index is -1.02. The number of benzene rings is 2. The van der Waals surface area contributed by atoms with Crippen molar-refractivity contribution in [2.75, 3.05) is 33.4 Å². The van der Waals surface area contributed by atoms with Crippen LogP contribution in [0.1, 0.15) is 23.5 Å². The van der Waals surface area contributed by atoms with Crippen molar-refractivity contribution in [1.82, 2.24) is 4.90 Å². The second kappa shape index (κ2) is 8.33. The molecular weight excluding hydrogens is 387 g/mol. The van der Waals surface area contributed by atoms with Crippen molar-refractivity contribution >= 4 is 5.91 Å². The van der Waals surface area contributed by atoms with Crippen LogP contribution in [-0.2, 0) is 16.1 Å². The topological polar surface area (TPSA) is 71.8 Å². The average Bonchev–Trinajstić information content (AvgIpc) is 3.55. The normalized spacial score (nSPS) is 22.8. The highest BCUT2D eigenvalue weighted by Gasteiger charge is 2.63. The first-order valence-electron chi connectivity index (χ1n) is 9.91. The van der Waals surface area contributed by atoms with E-state index in [-0.39, 0.29) is 24.2 Å². The Morgan fingerprint density at radius 2 is 1.97 bits per heavy atom. The van der Waals surface area contributed by atoms with Crippen LogP contribution in [0.5, 0.6) is 11.5 Å². The summed E-state index contributed by atoms with van der Waals surface area (Å²) in [5.41, 5.74) is 0.701. The molecule has 2 aromatic carbocycles. The third kappa shape index (κ3) is 3.83. The van der Waals surface area contributed by atoms with E-state index < -0.39 is 5.41 Å². The Labute approximate surface area is 174 Å². The highest BCUT2D eigenvalue weighted by Crippen LogP contribution is 2.60. The second-order valence-corrected chi connectivity index (χ2v) is 7.57. The number of amides is 1. The quantitative estimate of drug-likeness (QED) is 0.731. The molecule has 2 atom stereocenters. The van der Waals surface area contributed by atoms with Crippen molar-refractivity contribution in [1.29, 1.82) is 5.26 Å². The number of nitriles is 1. The van der Waals surface area contributed by atoms with E-state index in [0.29, 0.717) is 44.2 Å². The van der Waals surface area contributed by atoms with Crippen molar-refractivity contribution in [2.24, 2.45) is 5.41 Å². The van der Waals surface area contributed by atoms with Gasteiger partial charge >= 0.3 is 0 Å². The van der Waals surface area contributed by atoms with Gasteiger partial charge in [0.2, 0.25) is 5.91 Å². The molecule has 1 saturated heterocycles. The Bertz CT molecular complexity index is 966. The summed E-state index contributed by atoms with van der Waals surface area (Å²) in [6, 6.07) is 13.9. The first-order chi connectivity index (χ1) is 14.6. The van der Waals surface area contributed by atoms with Crippen molar-refractivity contribution in [3.63, 3.8) is 0 Å². The van der Waals surface area contributed by atoms with Crippen LogP contribution in [0.4, 0.5) is 4.39 Å². The Hall–Kier alpha value is -3.11. The minimum Gasteiger partial charge on any atom is -0.493 e. The fourth-order valence-corrected chi connectivity index (χ4v) is 3.88. The molecule has 6 nitrogen and oxygen atoms in total. The highest BCUT2D eigenvalue weighted by molar-refractivity contribution is 5.90. The summed E-state index contributed by atoms with van der Waals surface area (Å²) in [5, 5.41) is 9.79. The number of methoxy groups -OCH3 is 1. The van der Waals surface area contributed by atoms with E-state index in [1.807, 2.05) is 12.1 Å². The lowest BCUT2D eigenvalue weighted by molar-refractivity contribution is -0.139. The number of morpholine rings is 1. The van der Waals surface area contributed by atoms with Gasteiger partial charge in [0, 0.05) is 19.0 Å². The van der Waals surface area contributed by atoms with E-state index in [2.05, 4.69) is 6.07 Å². The maximum absolute atomic E-state index is 13.0. The van der Waals surface area contributed by atoms with Gasteiger partial charge in [-0.2, -0.15) is 5.26 Å². The van der Waals surface area contributed by atoms with Crippen LogP contribution in [-0.4, -0.2) is 44.2 Å². The van der Waals surface area contributed by atoms with E-state index in [1.165, 1.54) is 12.1 Å². The molecule has 156 valence electrons. The Balaban J connectivity index is 1.48. The van der Waals surface area contributed by atoms with Crippen LogP contribution < -0.4 is 9.47 Å². The third-order valence-corrected chi connectivity index (χ3v) is 5.74. The lowest BCUT2D eigenvalue weighted by Crippen LogP contribution is -2.44. The van der Waals surface area contributed by atoms with Crippen LogP contribution in [0.15, 0.2) is 42.5 Å². The number of ether oxygens (including phenoxy) is 3. The Kier molecular flexibility index (Phi) is 5.60. The molecule has 30 heavy (non-hydrogen) atoms. The number of hydrogen-bond donors (Lipinski definition) is 0. The summed E-state index contributed by atoms with van der Waals surface area (Å²) in [6.45, 7) is 2.33. The van der Waals surface area contributed by atoms with Gasteiger partial charge in [0.25, 0.3) is 0 Å². The van der Waals surface area contributed by atoms with E-state index in [9.17, 15) is 14.4 Å². The molecule has 2 unspecified atom stereocenters. The van der Waals surface area contributed by atoms with Crippen LogP contribution in [0.25, 0.3) is 0 Å². The summed E-state index contributed by atoms with van der Waals surface area (Å²) >= 11 is 0. The average molecular weight is 410 g/mol. The number of carbonyl (C=O) groups is 1. The summed E-state index contributed by atoms with van der Waals surface area (Å²) in [7, 11) is 1.55. The van der Waals surface area contributed by atoms with Crippen molar-refractivity contribution < 1.29 is 23.4 Å². The number of hydrogen-bond acceptors (Lipinski definition) is 5. The van der Waals surface area contributed by atoms with Crippen molar-refractivity contribution in [3.05, 3.63) is 59.4 Å². The number of nitrogens with zero attached hydrogens (tertiary/aromatic N) is 2. The smallest absolute Gasteiger partial charge is 0.243 e. The summed E-state index contributed by atoms with van der Waals surface area (Å²) in [4.78, 5) is 14.7. The lowest BCUT2D eigenvalue weighted by atomic mass is 9.98. The molecule has 1 aliphatic heterocycles. The fourth-order valence-electron chi connectivity index (χ4n) is 3.88. The molecule has 1 heterocycles. The molecule has 2 fully saturated rings. The Morgan fingerprint density at radius 3 is 2.63 bits per heavy atom. The van der Waals surface area contributed by atoms with E-state index in [0.717, 1.165) is 11.1 Å². The van der Waals surface area contributed by atoms with Crippen LogP contribution in [0.2, 0.25) is 0 Å². The van der Waals surface area contributed by atoms with Gasteiger partial charge in [-0.05, 0) is 41.8 Å². The fraction of sp³-hybridized carbons (Fsp3) is 0.391. The molecule has 1 amide bonds. The summed E-state index contributed by atoms with van der Waals surface area (Å²) in [5.74, 6) is 0.505. The van der Waals surface area contributed by atoms with Crippen molar-refractivity contribution in [3.8, 4) is 17.6 Å². The first-order valence-corrected chi connectivity index (χ1v) is 9.91. The molecule has 0 radical (unpaired) electrons. The molecule has 2 aromatic rings. The van der Waals surface area contributed by atoms with Gasteiger partial charge in [-0.1, -0.05) is 18.2 Å². The zero-order chi connectivity index (χ0) is 21.1. The highest BCUT2D eigenvalue weighted by atomic mass is 19.1. The zero-order valence-corrected chi connectivity index (χ0v) is 16.8. The van der Waals surface area contributed by atoms with Gasteiger partial charge in [-0.25, -0.2) is 4.39 Å². The summed E-state index contributed by atoms with van der Waals surface area (Å²) < 4.78 is 29.7. The van der Waals surface area contributed by atoms with E-state index in [1.54, 1.807) is 30.2 Å². The second-order valence-electron chi connectivity index (χ2n) is 7.57. The standard InChI is InChI=1S/C23H23FN2O4/c1-28-21-12-17(4-7-20(21)30-14-16-2-5-18(24)6-3-16)19-13-23(19,15-25)22(27)26-8-10-29-11-9-26/h2-7,12,19H,8-11,13-14H2,1H3. The number of halogens is 1. The molecule has 0 aromatic heterocycles.